The van der Waals surface area contributed by atoms with Gasteiger partial charge >= 0.3 is 0 Å². The standard InChI is InChI=1S/C16H24N4O2S/c1-17-16-18-13(11-23-16)15(22)20-8-6-19(7-9-20)14(21)10-12-4-2-3-5-12/h11-12H,2-10H2,1H3,(H,17,18). The number of aromatic nitrogens is 1. The molecule has 2 amide bonds. The number of anilines is 1. The third-order valence-electron chi connectivity index (χ3n) is 4.79. The normalized spacial score (nSPS) is 19.2. The van der Waals surface area contributed by atoms with Gasteiger partial charge in [-0.3, -0.25) is 9.59 Å². The van der Waals surface area contributed by atoms with Crippen LogP contribution in [0.3, 0.4) is 0 Å². The van der Waals surface area contributed by atoms with E-state index in [9.17, 15) is 9.59 Å². The van der Waals surface area contributed by atoms with Crippen molar-refractivity contribution in [2.75, 3.05) is 38.5 Å². The second-order valence-corrected chi connectivity index (χ2v) is 7.17. The molecule has 1 aliphatic carbocycles. The van der Waals surface area contributed by atoms with Crippen LogP contribution in [-0.4, -0.2) is 59.8 Å². The summed E-state index contributed by atoms with van der Waals surface area (Å²) in [5.41, 5.74) is 0.491. The van der Waals surface area contributed by atoms with E-state index >= 15 is 0 Å². The van der Waals surface area contributed by atoms with Crippen LogP contribution >= 0.6 is 11.3 Å². The van der Waals surface area contributed by atoms with E-state index < -0.39 is 0 Å². The molecule has 0 bridgehead atoms. The lowest BCUT2D eigenvalue weighted by Gasteiger charge is -2.35. The molecule has 0 spiro atoms. The Morgan fingerprint density at radius 3 is 2.48 bits per heavy atom. The number of piperazine rings is 1. The van der Waals surface area contributed by atoms with Crippen LogP contribution in [0.5, 0.6) is 0 Å². The predicted octanol–water partition coefficient (Wildman–Crippen LogP) is 2.05. The average molecular weight is 336 g/mol. The summed E-state index contributed by atoms with van der Waals surface area (Å²) >= 11 is 1.43. The molecule has 2 fully saturated rings. The van der Waals surface area contributed by atoms with Gasteiger partial charge in [-0.2, -0.15) is 0 Å². The molecule has 7 heteroatoms. The van der Waals surface area contributed by atoms with Gasteiger partial charge in [0.25, 0.3) is 5.91 Å². The van der Waals surface area contributed by atoms with Crippen molar-refractivity contribution in [3.8, 4) is 0 Å². The summed E-state index contributed by atoms with van der Waals surface area (Å²) in [7, 11) is 1.79. The molecule has 0 aromatic carbocycles. The monoisotopic (exact) mass is 336 g/mol. The van der Waals surface area contributed by atoms with Gasteiger partial charge in [-0.25, -0.2) is 4.98 Å². The smallest absolute Gasteiger partial charge is 0.273 e. The molecule has 2 heterocycles. The third-order valence-corrected chi connectivity index (χ3v) is 5.65. The topological polar surface area (TPSA) is 65.5 Å². The van der Waals surface area contributed by atoms with Crippen LogP contribution in [-0.2, 0) is 4.79 Å². The minimum absolute atomic E-state index is 0.0364. The summed E-state index contributed by atoms with van der Waals surface area (Å²) in [5, 5.41) is 5.48. The van der Waals surface area contributed by atoms with Crippen LogP contribution in [0.1, 0.15) is 42.6 Å². The summed E-state index contributed by atoms with van der Waals surface area (Å²) in [4.78, 5) is 32.7. The molecule has 0 unspecified atom stereocenters. The van der Waals surface area contributed by atoms with Gasteiger partial charge < -0.3 is 15.1 Å². The lowest BCUT2D eigenvalue weighted by Crippen LogP contribution is -2.50. The first-order valence-electron chi connectivity index (χ1n) is 8.37. The Bertz CT molecular complexity index is 560. The fraction of sp³-hybridized carbons (Fsp3) is 0.688. The highest BCUT2D eigenvalue weighted by Gasteiger charge is 2.27. The Morgan fingerprint density at radius 1 is 1.22 bits per heavy atom. The number of hydrogen-bond acceptors (Lipinski definition) is 5. The third kappa shape index (κ3) is 3.83. The lowest BCUT2D eigenvalue weighted by molar-refractivity contribution is -0.133. The fourth-order valence-electron chi connectivity index (χ4n) is 3.40. The number of rotatable bonds is 4. The Kier molecular flexibility index (Phi) is 5.15. The maximum atomic E-state index is 12.4. The van der Waals surface area contributed by atoms with Gasteiger partial charge in [0.2, 0.25) is 5.91 Å². The van der Waals surface area contributed by atoms with E-state index in [2.05, 4.69) is 10.3 Å². The molecule has 23 heavy (non-hydrogen) atoms. The summed E-state index contributed by atoms with van der Waals surface area (Å²) in [5.74, 6) is 0.804. The van der Waals surface area contributed by atoms with Gasteiger partial charge in [0.1, 0.15) is 5.69 Å². The SMILES string of the molecule is CNc1nc(C(=O)N2CCN(C(=O)CC3CCCC3)CC2)cs1. The van der Waals surface area contributed by atoms with E-state index in [-0.39, 0.29) is 11.8 Å². The van der Waals surface area contributed by atoms with E-state index in [0.29, 0.717) is 44.2 Å². The van der Waals surface area contributed by atoms with Crippen molar-refractivity contribution in [1.82, 2.24) is 14.8 Å². The van der Waals surface area contributed by atoms with Crippen molar-refractivity contribution >= 4 is 28.3 Å². The summed E-state index contributed by atoms with van der Waals surface area (Å²) in [6, 6.07) is 0. The van der Waals surface area contributed by atoms with Crippen LogP contribution < -0.4 is 5.32 Å². The Morgan fingerprint density at radius 2 is 1.87 bits per heavy atom. The van der Waals surface area contributed by atoms with E-state index in [1.165, 1.54) is 37.0 Å². The van der Waals surface area contributed by atoms with Crippen LogP contribution in [0.4, 0.5) is 5.13 Å². The van der Waals surface area contributed by atoms with Crippen LogP contribution in [0, 0.1) is 5.92 Å². The number of hydrogen-bond donors (Lipinski definition) is 1. The van der Waals surface area contributed by atoms with E-state index in [0.717, 1.165) is 5.13 Å². The average Bonchev–Trinajstić information content (AvgIpc) is 3.25. The molecule has 1 aromatic heterocycles. The largest absolute Gasteiger partial charge is 0.365 e. The molecule has 1 N–H and O–H groups in total. The molecular weight excluding hydrogens is 312 g/mol. The van der Waals surface area contributed by atoms with Crippen LogP contribution in [0.15, 0.2) is 5.38 Å². The highest BCUT2D eigenvalue weighted by molar-refractivity contribution is 7.13. The Labute approximate surface area is 140 Å². The van der Waals surface area contributed by atoms with Crippen molar-refractivity contribution in [1.29, 1.82) is 0 Å². The summed E-state index contributed by atoms with van der Waals surface area (Å²) < 4.78 is 0. The number of thiazole rings is 1. The molecule has 3 rings (SSSR count). The minimum Gasteiger partial charge on any atom is -0.365 e. The quantitative estimate of drug-likeness (QED) is 0.914. The van der Waals surface area contributed by atoms with Crippen LogP contribution in [0.2, 0.25) is 0 Å². The number of nitrogens with zero attached hydrogens (tertiary/aromatic N) is 3. The van der Waals surface area contributed by atoms with Crippen molar-refractivity contribution in [3.05, 3.63) is 11.1 Å². The van der Waals surface area contributed by atoms with E-state index in [4.69, 9.17) is 0 Å². The maximum absolute atomic E-state index is 12.4. The molecule has 2 aliphatic rings. The first-order chi connectivity index (χ1) is 11.2. The number of nitrogens with one attached hydrogen (secondary N) is 1. The van der Waals surface area contributed by atoms with E-state index in [1.54, 1.807) is 17.3 Å². The maximum Gasteiger partial charge on any atom is 0.273 e. The summed E-state index contributed by atoms with van der Waals surface area (Å²) in [6.07, 6.45) is 5.61. The highest BCUT2D eigenvalue weighted by Crippen LogP contribution is 2.28. The van der Waals surface area contributed by atoms with Crippen molar-refractivity contribution < 1.29 is 9.59 Å². The van der Waals surface area contributed by atoms with Crippen LogP contribution in [0.25, 0.3) is 0 Å². The zero-order valence-corrected chi connectivity index (χ0v) is 14.4. The number of carbonyl (C=O) groups excluding carboxylic acids is 2. The lowest BCUT2D eigenvalue weighted by atomic mass is 10.0. The second kappa shape index (κ2) is 7.29. The van der Waals surface area contributed by atoms with Gasteiger partial charge in [0, 0.05) is 45.0 Å². The second-order valence-electron chi connectivity index (χ2n) is 6.32. The van der Waals surface area contributed by atoms with Gasteiger partial charge in [0.15, 0.2) is 5.13 Å². The van der Waals surface area contributed by atoms with Crippen molar-refractivity contribution in [2.24, 2.45) is 5.92 Å². The molecule has 6 nitrogen and oxygen atoms in total. The van der Waals surface area contributed by atoms with Gasteiger partial charge in [-0.1, -0.05) is 12.8 Å². The van der Waals surface area contributed by atoms with Crippen molar-refractivity contribution in [2.45, 2.75) is 32.1 Å². The summed E-state index contributed by atoms with van der Waals surface area (Å²) in [6.45, 7) is 2.48. The molecular formula is C16H24N4O2S. The van der Waals surface area contributed by atoms with E-state index in [1.807, 2.05) is 4.90 Å². The zero-order valence-electron chi connectivity index (χ0n) is 13.6. The molecule has 1 saturated carbocycles. The molecule has 1 aromatic rings. The first-order valence-corrected chi connectivity index (χ1v) is 9.25. The van der Waals surface area contributed by atoms with Gasteiger partial charge in [-0.05, 0) is 18.8 Å². The van der Waals surface area contributed by atoms with Gasteiger partial charge in [-0.15, -0.1) is 11.3 Å². The highest BCUT2D eigenvalue weighted by atomic mass is 32.1. The molecule has 1 aliphatic heterocycles. The number of amides is 2. The predicted molar refractivity (Wildman–Crippen MR) is 90.7 cm³/mol. The Hall–Kier alpha value is -1.63. The van der Waals surface area contributed by atoms with Crippen molar-refractivity contribution in [3.63, 3.8) is 0 Å². The molecule has 1 saturated heterocycles. The first kappa shape index (κ1) is 16.2. The number of carbonyl (C=O) groups is 2. The molecule has 0 atom stereocenters. The Balaban J connectivity index is 1.49. The van der Waals surface area contributed by atoms with Gasteiger partial charge in [0.05, 0.1) is 0 Å². The molecule has 0 radical (unpaired) electrons. The fourth-order valence-corrected chi connectivity index (χ4v) is 4.04. The zero-order chi connectivity index (χ0) is 16.2. The molecule has 126 valence electrons. The minimum atomic E-state index is -0.0364.